The maximum atomic E-state index is 6.48. The number of aromatic nitrogens is 1. The average molecular weight is 296 g/mol. The molecular weight excluding hydrogens is 278 g/mol. The molecule has 0 N–H and O–H groups in total. The molecule has 0 spiro atoms. The third-order valence-electron chi connectivity index (χ3n) is 3.80. The highest BCUT2D eigenvalue weighted by Crippen LogP contribution is 2.27. The Balaban J connectivity index is 1.65. The SMILES string of the molecule is ClC(CCCc1ccnc2ccccc12)c1ccccc1. The van der Waals surface area contributed by atoms with Gasteiger partial charge in [-0.1, -0.05) is 48.5 Å². The largest absolute Gasteiger partial charge is 0.256 e. The van der Waals surface area contributed by atoms with Crippen molar-refractivity contribution >= 4 is 22.5 Å². The molecule has 1 aromatic heterocycles. The monoisotopic (exact) mass is 295 g/mol. The zero-order valence-corrected chi connectivity index (χ0v) is 12.6. The Kier molecular flexibility index (Phi) is 4.52. The van der Waals surface area contributed by atoms with Gasteiger partial charge in [-0.2, -0.15) is 0 Å². The average Bonchev–Trinajstić information content (AvgIpc) is 2.56. The minimum atomic E-state index is 0.0966. The highest BCUT2D eigenvalue weighted by atomic mass is 35.5. The smallest absolute Gasteiger partial charge is 0.0704 e. The number of rotatable bonds is 5. The number of hydrogen-bond acceptors (Lipinski definition) is 1. The molecule has 1 nitrogen and oxygen atoms in total. The summed E-state index contributed by atoms with van der Waals surface area (Å²) in [5.74, 6) is 0. The second kappa shape index (κ2) is 6.73. The van der Waals surface area contributed by atoms with Crippen molar-refractivity contribution in [3.8, 4) is 0 Å². The van der Waals surface area contributed by atoms with E-state index in [1.165, 1.54) is 16.5 Å². The lowest BCUT2D eigenvalue weighted by Crippen LogP contribution is -1.94. The highest BCUT2D eigenvalue weighted by Gasteiger charge is 2.08. The van der Waals surface area contributed by atoms with E-state index in [0.717, 1.165) is 24.8 Å². The quantitative estimate of drug-likeness (QED) is 0.563. The van der Waals surface area contributed by atoms with Crippen LogP contribution < -0.4 is 0 Å². The Morgan fingerprint density at radius 3 is 2.52 bits per heavy atom. The number of nitrogens with zero attached hydrogens (tertiary/aromatic N) is 1. The summed E-state index contributed by atoms with van der Waals surface area (Å²) in [7, 11) is 0. The summed E-state index contributed by atoms with van der Waals surface area (Å²) in [5.41, 5.74) is 3.64. The van der Waals surface area contributed by atoms with Crippen LogP contribution in [0, 0.1) is 0 Å². The summed E-state index contributed by atoms with van der Waals surface area (Å²) in [4.78, 5) is 4.41. The van der Waals surface area contributed by atoms with Crippen LogP contribution in [-0.4, -0.2) is 4.98 Å². The van der Waals surface area contributed by atoms with E-state index in [1.807, 2.05) is 30.5 Å². The molecule has 0 saturated carbocycles. The number of alkyl halides is 1. The van der Waals surface area contributed by atoms with Crippen molar-refractivity contribution in [3.63, 3.8) is 0 Å². The van der Waals surface area contributed by atoms with Crippen molar-refractivity contribution in [2.45, 2.75) is 24.6 Å². The number of halogens is 1. The van der Waals surface area contributed by atoms with E-state index in [2.05, 4.69) is 41.4 Å². The van der Waals surface area contributed by atoms with Crippen molar-refractivity contribution in [3.05, 3.63) is 78.0 Å². The number of aryl methyl sites for hydroxylation is 1. The van der Waals surface area contributed by atoms with Gasteiger partial charge in [0.05, 0.1) is 10.9 Å². The van der Waals surface area contributed by atoms with E-state index in [1.54, 1.807) is 0 Å². The molecule has 0 bridgehead atoms. The number of para-hydroxylation sites is 1. The Bertz CT molecular complexity index is 704. The zero-order chi connectivity index (χ0) is 14.5. The Morgan fingerprint density at radius 2 is 1.67 bits per heavy atom. The minimum Gasteiger partial charge on any atom is -0.256 e. The van der Waals surface area contributed by atoms with Crippen LogP contribution in [0.25, 0.3) is 10.9 Å². The van der Waals surface area contributed by atoms with Gasteiger partial charge in [0.2, 0.25) is 0 Å². The second-order valence-corrected chi connectivity index (χ2v) is 5.78. The Labute approximate surface area is 130 Å². The topological polar surface area (TPSA) is 12.9 Å². The molecule has 2 heteroatoms. The van der Waals surface area contributed by atoms with E-state index in [0.29, 0.717) is 0 Å². The fraction of sp³-hybridized carbons (Fsp3) is 0.211. The van der Waals surface area contributed by atoms with Crippen LogP contribution in [0.5, 0.6) is 0 Å². The predicted octanol–water partition coefficient (Wildman–Crippen LogP) is 5.54. The van der Waals surface area contributed by atoms with Gasteiger partial charge in [0.15, 0.2) is 0 Å². The van der Waals surface area contributed by atoms with Crippen molar-refractivity contribution in [2.24, 2.45) is 0 Å². The van der Waals surface area contributed by atoms with Crippen molar-refractivity contribution < 1.29 is 0 Å². The van der Waals surface area contributed by atoms with Gasteiger partial charge in [0.1, 0.15) is 0 Å². The number of pyridine rings is 1. The number of benzene rings is 2. The lowest BCUT2D eigenvalue weighted by atomic mass is 10.0. The Hall–Kier alpha value is -1.86. The molecule has 0 aliphatic heterocycles. The number of hydrogen-bond donors (Lipinski definition) is 0. The molecule has 1 heterocycles. The van der Waals surface area contributed by atoms with Crippen molar-refractivity contribution in [2.75, 3.05) is 0 Å². The van der Waals surface area contributed by atoms with E-state index in [-0.39, 0.29) is 5.38 Å². The molecule has 0 amide bonds. The lowest BCUT2D eigenvalue weighted by Gasteiger charge is -2.10. The predicted molar refractivity (Wildman–Crippen MR) is 89.7 cm³/mol. The molecule has 21 heavy (non-hydrogen) atoms. The highest BCUT2D eigenvalue weighted by molar-refractivity contribution is 6.20. The first-order valence-electron chi connectivity index (χ1n) is 7.36. The lowest BCUT2D eigenvalue weighted by molar-refractivity contribution is 0.718. The van der Waals surface area contributed by atoms with E-state index >= 15 is 0 Å². The van der Waals surface area contributed by atoms with Gasteiger partial charge >= 0.3 is 0 Å². The summed E-state index contributed by atoms with van der Waals surface area (Å²) in [5, 5.41) is 1.35. The molecule has 3 rings (SSSR count). The zero-order valence-electron chi connectivity index (χ0n) is 11.9. The molecule has 1 unspecified atom stereocenters. The summed E-state index contributed by atoms with van der Waals surface area (Å²) < 4.78 is 0. The van der Waals surface area contributed by atoms with Crippen molar-refractivity contribution in [1.82, 2.24) is 4.98 Å². The molecule has 0 saturated heterocycles. The molecule has 0 aliphatic rings. The van der Waals surface area contributed by atoms with Crippen LogP contribution in [0.1, 0.15) is 29.3 Å². The summed E-state index contributed by atoms with van der Waals surface area (Å²) >= 11 is 6.48. The second-order valence-electron chi connectivity index (χ2n) is 5.26. The van der Waals surface area contributed by atoms with Crippen LogP contribution in [0.4, 0.5) is 0 Å². The first-order chi connectivity index (χ1) is 10.3. The molecular formula is C19H18ClN. The Morgan fingerprint density at radius 1 is 0.905 bits per heavy atom. The normalized spacial score (nSPS) is 12.4. The first kappa shape index (κ1) is 14.1. The molecule has 0 fully saturated rings. The van der Waals surface area contributed by atoms with Crippen LogP contribution in [0.2, 0.25) is 0 Å². The van der Waals surface area contributed by atoms with Crippen LogP contribution in [-0.2, 0) is 6.42 Å². The molecule has 0 radical (unpaired) electrons. The first-order valence-corrected chi connectivity index (χ1v) is 7.80. The summed E-state index contributed by atoms with van der Waals surface area (Å²) in [6, 6.07) is 20.7. The number of fused-ring (bicyclic) bond motifs is 1. The van der Waals surface area contributed by atoms with E-state index in [4.69, 9.17) is 11.6 Å². The molecule has 106 valence electrons. The summed E-state index contributed by atoms with van der Waals surface area (Å²) in [6.07, 6.45) is 5.01. The van der Waals surface area contributed by atoms with Gasteiger partial charge in [-0.05, 0) is 42.5 Å². The van der Waals surface area contributed by atoms with E-state index in [9.17, 15) is 0 Å². The maximum absolute atomic E-state index is 6.48. The van der Waals surface area contributed by atoms with Crippen LogP contribution in [0.15, 0.2) is 66.9 Å². The van der Waals surface area contributed by atoms with Gasteiger partial charge in [0.25, 0.3) is 0 Å². The maximum Gasteiger partial charge on any atom is 0.0704 e. The van der Waals surface area contributed by atoms with Gasteiger partial charge in [0, 0.05) is 11.6 Å². The van der Waals surface area contributed by atoms with Crippen LogP contribution in [0.3, 0.4) is 0 Å². The molecule has 1 atom stereocenters. The fourth-order valence-corrected chi connectivity index (χ4v) is 2.97. The van der Waals surface area contributed by atoms with Gasteiger partial charge in [-0.15, -0.1) is 11.6 Å². The van der Waals surface area contributed by atoms with Gasteiger partial charge < -0.3 is 0 Å². The minimum absolute atomic E-state index is 0.0966. The van der Waals surface area contributed by atoms with Gasteiger partial charge in [-0.25, -0.2) is 0 Å². The third-order valence-corrected chi connectivity index (χ3v) is 4.27. The van der Waals surface area contributed by atoms with Gasteiger partial charge in [-0.3, -0.25) is 4.98 Å². The molecule has 2 aromatic carbocycles. The summed E-state index contributed by atoms with van der Waals surface area (Å²) in [6.45, 7) is 0. The fourth-order valence-electron chi connectivity index (χ4n) is 2.67. The molecule has 3 aromatic rings. The molecule has 0 aliphatic carbocycles. The third kappa shape index (κ3) is 3.43. The van der Waals surface area contributed by atoms with E-state index < -0.39 is 0 Å². The standard InChI is InChI=1S/C19H18ClN/c20-18(16-7-2-1-3-8-16)11-6-9-15-13-14-21-19-12-5-4-10-17(15)19/h1-5,7-8,10,12-14,18H,6,9,11H2. The van der Waals surface area contributed by atoms with Crippen molar-refractivity contribution in [1.29, 1.82) is 0 Å². The van der Waals surface area contributed by atoms with Crippen LogP contribution >= 0.6 is 11.6 Å².